The molecule has 0 aliphatic carbocycles. The van der Waals surface area contributed by atoms with E-state index in [1.165, 1.54) is 0 Å². The van der Waals surface area contributed by atoms with E-state index in [1.54, 1.807) is 6.20 Å². The molecule has 1 fully saturated rings. The maximum absolute atomic E-state index is 11.9. The summed E-state index contributed by atoms with van der Waals surface area (Å²) in [5, 5.41) is 11.7. The van der Waals surface area contributed by atoms with Crippen LogP contribution < -0.4 is 5.32 Å². The number of rotatable bonds is 3. The summed E-state index contributed by atoms with van der Waals surface area (Å²) in [7, 11) is 0. The van der Waals surface area contributed by atoms with Crippen LogP contribution in [0.2, 0.25) is 0 Å². The highest BCUT2D eigenvalue weighted by Gasteiger charge is 2.25. The first-order valence-electron chi connectivity index (χ1n) is 5.96. The van der Waals surface area contributed by atoms with Crippen LogP contribution in [0, 0.1) is 0 Å². The topological polar surface area (TPSA) is 52.6 Å². The van der Waals surface area contributed by atoms with E-state index in [4.69, 9.17) is 5.11 Å². The largest absolute Gasteiger partial charge is 0.396 e. The molecule has 1 aliphatic heterocycles. The van der Waals surface area contributed by atoms with Gasteiger partial charge < -0.3 is 15.3 Å². The monoisotopic (exact) mass is 226 g/mol. The molecule has 1 aliphatic rings. The lowest BCUT2D eigenvalue weighted by Gasteiger charge is -2.35. The Morgan fingerprint density at radius 1 is 1.50 bits per heavy atom. The number of carbonyl (C=O) groups excluding carboxylic acids is 1. The van der Waals surface area contributed by atoms with E-state index in [2.05, 4.69) is 5.32 Å². The molecule has 4 heteroatoms. The Labute approximate surface area is 97.3 Å². The molecule has 0 radical (unpaired) electrons. The van der Waals surface area contributed by atoms with Gasteiger partial charge in [0.15, 0.2) is 0 Å². The Hall–Kier alpha value is -1.03. The number of piperidine rings is 1. The average Bonchev–Trinajstić information content (AvgIpc) is 2.27. The number of carbonyl (C=O) groups is 1. The molecule has 1 rings (SSSR count). The molecule has 2 amide bonds. The van der Waals surface area contributed by atoms with Crippen molar-refractivity contribution in [1.82, 2.24) is 10.2 Å². The SMILES string of the molecule is CC(C)=CNC(=O)N1CCCCC1CCO. The Balaban J connectivity index is 2.53. The van der Waals surface area contributed by atoms with Gasteiger partial charge in [0.25, 0.3) is 0 Å². The molecule has 0 aromatic carbocycles. The maximum atomic E-state index is 11.9. The van der Waals surface area contributed by atoms with Gasteiger partial charge in [0.2, 0.25) is 0 Å². The minimum absolute atomic E-state index is 0.0423. The Morgan fingerprint density at radius 2 is 2.25 bits per heavy atom. The zero-order valence-corrected chi connectivity index (χ0v) is 10.2. The fraction of sp³-hybridized carbons (Fsp3) is 0.750. The Kier molecular flexibility index (Phi) is 5.32. The zero-order chi connectivity index (χ0) is 12.0. The van der Waals surface area contributed by atoms with Crippen molar-refractivity contribution in [3.63, 3.8) is 0 Å². The summed E-state index contributed by atoms with van der Waals surface area (Å²) in [6.07, 6.45) is 5.62. The van der Waals surface area contributed by atoms with Crippen LogP contribution in [-0.2, 0) is 0 Å². The highest BCUT2D eigenvalue weighted by Crippen LogP contribution is 2.19. The van der Waals surface area contributed by atoms with Crippen molar-refractivity contribution in [2.24, 2.45) is 0 Å². The quantitative estimate of drug-likeness (QED) is 0.771. The molecule has 0 spiro atoms. The standard InChI is InChI=1S/C12H22N2O2/c1-10(2)9-13-12(16)14-7-4-3-5-11(14)6-8-15/h9,11,15H,3-8H2,1-2H3,(H,13,16). The predicted molar refractivity (Wildman–Crippen MR) is 64.0 cm³/mol. The van der Waals surface area contributed by atoms with E-state index in [0.717, 1.165) is 31.4 Å². The van der Waals surface area contributed by atoms with Crippen molar-refractivity contribution >= 4 is 6.03 Å². The van der Waals surface area contributed by atoms with Crippen LogP contribution in [0.5, 0.6) is 0 Å². The fourth-order valence-electron chi connectivity index (χ4n) is 2.01. The highest BCUT2D eigenvalue weighted by atomic mass is 16.3. The summed E-state index contributed by atoms with van der Waals surface area (Å²) in [6, 6.07) is 0.156. The molecule has 4 nitrogen and oxygen atoms in total. The second-order valence-corrected chi connectivity index (χ2v) is 4.53. The van der Waals surface area contributed by atoms with E-state index >= 15 is 0 Å². The molecule has 2 N–H and O–H groups in total. The second kappa shape index (κ2) is 6.53. The van der Waals surface area contributed by atoms with Crippen LogP contribution in [-0.4, -0.2) is 35.2 Å². The van der Waals surface area contributed by atoms with Crippen LogP contribution in [0.3, 0.4) is 0 Å². The lowest BCUT2D eigenvalue weighted by Crippen LogP contribution is -2.47. The normalized spacial score (nSPS) is 20.4. The van der Waals surface area contributed by atoms with Gasteiger partial charge in [-0.2, -0.15) is 0 Å². The van der Waals surface area contributed by atoms with Gasteiger partial charge in [0, 0.05) is 25.4 Å². The van der Waals surface area contributed by atoms with Crippen LogP contribution >= 0.6 is 0 Å². The van der Waals surface area contributed by atoms with Gasteiger partial charge >= 0.3 is 6.03 Å². The van der Waals surface area contributed by atoms with Crippen molar-refractivity contribution in [2.45, 2.75) is 45.6 Å². The number of nitrogens with one attached hydrogen (secondary N) is 1. The molecular weight excluding hydrogens is 204 g/mol. The molecule has 0 aromatic rings. The van der Waals surface area contributed by atoms with Gasteiger partial charge in [-0.3, -0.25) is 0 Å². The van der Waals surface area contributed by atoms with Crippen LogP contribution in [0.1, 0.15) is 39.5 Å². The number of aliphatic hydroxyl groups excluding tert-OH is 1. The number of urea groups is 1. The lowest BCUT2D eigenvalue weighted by atomic mass is 10.0. The summed E-state index contributed by atoms with van der Waals surface area (Å²) >= 11 is 0. The van der Waals surface area contributed by atoms with Crippen molar-refractivity contribution in [1.29, 1.82) is 0 Å². The van der Waals surface area contributed by atoms with E-state index < -0.39 is 0 Å². The first kappa shape index (κ1) is 13.0. The third-order valence-corrected chi connectivity index (χ3v) is 2.83. The molecule has 1 heterocycles. The van der Waals surface area contributed by atoms with E-state index in [9.17, 15) is 4.79 Å². The van der Waals surface area contributed by atoms with E-state index in [-0.39, 0.29) is 18.7 Å². The zero-order valence-electron chi connectivity index (χ0n) is 10.2. The van der Waals surface area contributed by atoms with E-state index in [1.807, 2.05) is 18.7 Å². The molecule has 0 aromatic heterocycles. The van der Waals surface area contributed by atoms with Gasteiger partial charge in [-0.05, 0) is 39.5 Å². The van der Waals surface area contributed by atoms with Crippen molar-refractivity contribution in [3.05, 3.63) is 11.8 Å². The van der Waals surface area contributed by atoms with Crippen LogP contribution in [0.15, 0.2) is 11.8 Å². The van der Waals surface area contributed by atoms with Crippen molar-refractivity contribution in [2.75, 3.05) is 13.2 Å². The van der Waals surface area contributed by atoms with Gasteiger partial charge in [-0.15, -0.1) is 0 Å². The minimum atomic E-state index is -0.0423. The summed E-state index contributed by atoms with van der Waals surface area (Å²) in [4.78, 5) is 13.7. The first-order chi connectivity index (χ1) is 7.65. The van der Waals surface area contributed by atoms with Crippen LogP contribution in [0.25, 0.3) is 0 Å². The lowest BCUT2D eigenvalue weighted by molar-refractivity contribution is 0.134. The van der Waals surface area contributed by atoms with Crippen LogP contribution in [0.4, 0.5) is 4.79 Å². The number of nitrogens with zero attached hydrogens (tertiary/aromatic N) is 1. The summed E-state index contributed by atoms with van der Waals surface area (Å²) < 4.78 is 0. The molecule has 0 bridgehead atoms. The second-order valence-electron chi connectivity index (χ2n) is 4.53. The number of aliphatic hydroxyl groups is 1. The molecule has 92 valence electrons. The highest BCUT2D eigenvalue weighted by molar-refractivity contribution is 5.75. The van der Waals surface area contributed by atoms with Gasteiger partial charge in [0.05, 0.1) is 0 Å². The number of likely N-dealkylation sites (tertiary alicyclic amines) is 1. The number of hydrogen-bond donors (Lipinski definition) is 2. The Bertz CT molecular complexity index is 258. The third-order valence-electron chi connectivity index (χ3n) is 2.83. The maximum Gasteiger partial charge on any atom is 0.321 e. The number of amides is 2. The van der Waals surface area contributed by atoms with Gasteiger partial charge in [-0.1, -0.05) is 5.57 Å². The molecule has 1 atom stereocenters. The molecular formula is C12H22N2O2. The third kappa shape index (κ3) is 3.85. The Morgan fingerprint density at radius 3 is 2.88 bits per heavy atom. The minimum Gasteiger partial charge on any atom is -0.396 e. The molecule has 1 unspecified atom stereocenters. The molecule has 1 saturated heterocycles. The molecule has 16 heavy (non-hydrogen) atoms. The van der Waals surface area contributed by atoms with Crippen molar-refractivity contribution < 1.29 is 9.90 Å². The van der Waals surface area contributed by atoms with Gasteiger partial charge in [-0.25, -0.2) is 4.79 Å². The van der Waals surface area contributed by atoms with E-state index in [0.29, 0.717) is 6.42 Å². The number of allylic oxidation sites excluding steroid dienone is 1. The first-order valence-corrected chi connectivity index (χ1v) is 5.96. The van der Waals surface area contributed by atoms with Gasteiger partial charge in [0.1, 0.15) is 0 Å². The molecule has 0 saturated carbocycles. The summed E-state index contributed by atoms with van der Waals surface area (Å²) in [6.45, 7) is 4.84. The van der Waals surface area contributed by atoms with Crippen molar-refractivity contribution in [3.8, 4) is 0 Å². The summed E-state index contributed by atoms with van der Waals surface area (Å²) in [5.41, 5.74) is 1.07. The smallest absolute Gasteiger partial charge is 0.321 e. The fourth-order valence-corrected chi connectivity index (χ4v) is 2.01. The average molecular weight is 226 g/mol. The predicted octanol–water partition coefficient (Wildman–Crippen LogP) is 1.86. The summed E-state index contributed by atoms with van der Waals surface area (Å²) in [5.74, 6) is 0. The number of hydrogen-bond acceptors (Lipinski definition) is 2.